The van der Waals surface area contributed by atoms with E-state index in [1.165, 1.54) is 23.3 Å². The van der Waals surface area contributed by atoms with Crippen LogP contribution >= 0.6 is 0 Å². The van der Waals surface area contributed by atoms with Crippen LogP contribution in [-0.4, -0.2) is 26.7 Å². The highest BCUT2D eigenvalue weighted by molar-refractivity contribution is 6.00. The average molecular weight is 371 g/mol. The minimum atomic E-state index is -0.298. The Morgan fingerprint density at radius 3 is 2.50 bits per heavy atom. The normalized spacial score (nSPS) is 13.5. The molecule has 0 bridgehead atoms. The summed E-state index contributed by atoms with van der Waals surface area (Å²) < 4.78 is 15.2. The number of aromatic nitrogens is 2. The molecule has 138 valence electrons. The second-order valence-electron chi connectivity index (χ2n) is 6.99. The van der Waals surface area contributed by atoms with Gasteiger partial charge in [0.15, 0.2) is 5.69 Å². The van der Waals surface area contributed by atoms with Gasteiger partial charge in [-0.25, -0.2) is 9.37 Å². The van der Waals surface area contributed by atoms with Gasteiger partial charge in [0, 0.05) is 24.8 Å². The van der Waals surface area contributed by atoms with Crippen LogP contribution in [0.2, 0.25) is 0 Å². The van der Waals surface area contributed by atoms with Crippen molar-refractivity contribution < 1.29 is 9.18 Å². The lowest BCUT2D eigenvalue weighted by atomic mass is 10.00. The van der Waals surface area contributed by atoms with Crippen LogP contribution in [0.5, 0.6) is 0 Å². The molecule has 4 aromatic rings. The second kappa shape index (κ2) is 6.60. The van der Waals surface area contributed by atoms with Gasteiger partial charge in [0.25, 0.3) is 5.91 Å². The van der Waals surface area contributed by atoms with Gasteiger partial charge in [0.05, 0.1) is 5.52 Å². The lowest BCUT2D eigenvalue weighted by Gasteiger charge is -2.28. The zero-order chi connectivity index (χ0) is 19.1. The van der Waals surface area contributed by atoms with Crippen molar-refractivity contribution in [2.45, 2.75) is 13.0 Å². The molecule has 1 aliphatic rings. The lowest BCUT2D eigenvalue weighted by molar-refractivity contribution is 0.0731. The maximum absolute atomic E-state index is 13.3. The van der Waals surface area contributed by atoms with Crippen LogP contribution in [-0.2, 0) is 13.0 Å². The summed E-state index contributed by atoms with van der Waals surface area (Å²) in [5, 5.41) is 0. The molecular formula is C23H18FN3O. The average Bonchev–Trinajstić information content (AvgIpc) is 3.13. The number of carbonyl (C=O) groups excluding carboxylic acids is 1. The molecule has 3 heterocycles. The Bertz CT molecular complexity index is 1180. The molecule has 0 saturated carbocycles. The number of carbonyl (C=O) groups is 1. The van der Waals surface area contributed by atoms with Crippen molar-refractivity contribution in [2.24, 2.45) is 0 Å². The largest absolute Gasteiger partial charge is 0.333 e. The number of halogens is 1. The highest BCUT2D eigenvalue weighted by Gasteiger charge is 2.26. The first-order valence-corrected chi connectivity index (χ1v) is 9.30. The fraction of sp³-hybridized carbons (Fsp3) is 0.130. The highest BCUT2D eigenvalue weighted by Crippen LogP contribution is 2.26. The van der Waals surface area contributed by atoms with Crippen molar-refractivity contribution in [1.82, 2.24) is 14.3 Å². The summed E-state index contributed by atoms with van der Waals surface area (Å²) in [6, 6.07) is 20.1. The van der Waals surface area contributed by atoms with Gasteiger partial charge in [-0.05, 0) is 53.9 Å². The third-order valence-corrected chi connectivity index (χ3v) is 5.27. The Balaban J connectivity index is 1.56. The van der Waals surface area contributed by atoms with Gasteiger partial charge in [-0.3, -0.25) is 9.20 Å². The minimum Gasteiger partial charge on any atom is -0.333 e. The molecule has 1 amide bonds. The van der Waals surface area contributed by atoms with E-state index >= 15 is 0 Å². The molecule has 4 nitrogen and oxygen atoms in total. The number of pyridine rings is 1. The molecule has 5 heteroatoms. The van der Waals surface area contributed by atoms with E-state index in [1.807, 2.05) is 45.8 Å². The van der Waals surface area contributed by atoms with Crippen molar-refractivity contribution in [3.8, 4) is 11.4 Å². The molecule has 0 radical (unpaired) electrons. The van der Waals surface area contributed by atoms with E-state index in [0.29, 0.717) is 24.6 Å². The number of imidazole rings is 1. The van der Waals surface area contributed by atoms with Crippen molar-refractivity contribution >= 4 is 11.4 Å². The Kier molecular flexibility index (Phi) is 3.93. The summed E-state index contributed by atoms with van der Waals surface area (Å²) in [4.78, 5) is 19.8. The molecule has 0 aliphatic carbocycles. The molecule has 0 atom stereocenters. The maximum atomic E-state index is 13.3. The van der Waals surface area contributed by atoms with Crippen molar-refractivity contribution in [2.75, 3.05) is 6.54 Å². The quantitative estimate of drug-likeness (QED) is 0.526. The number of hydrogen-bond donors (Lipinski definition) is 0. The highest BCUT2D eigenvalue weighted by atomic mass is 19.1. The van der Waals surface area contributed by atoms with E-state index in [1.54, 1.807) is 12.1 Å². The Morgan fingerprint density at radius 2 is 1.68 bits per heavy atom. The van der Waals surface area contributed by atoms with Gasteiger partial charge in [-0.2, -0.15) is 0 Å². The van der Waals surface area contributed by atoms with Crippen molar-refractivity contribution in [1.29, 1.82) is 0 Å². The van der Waals surface area contributed by atoms with Gasteiger partial charge < -0.3 is 4.90 Å². The first-order valence-electron chi connectivity index (χ1n) is 9.30. The molecule has 0 spiro atoms. The summed E-state index contributed by atoms with van der Waals surface area (Å²) in [7, 11) is 0. The summed E-state index contributed by atoms with van der Waals surface area (Å²) in [6.45, 7) is 1.26. The molecular weight excluding hydrogens is 353 g/mol. The SMILES string of the molecule is O=C(c1nc(-c2ccc(F)cc2)n2ccccc12)N1CCc2ccccc2C1. The van der Waals surface area contributed by atoms with Crippen LogP contribution in [0.3, 0.4) is 0 Å². The molecule has 5 rings (SSSR count). The molecule has 0 N–H and O–H groups in total. The van der Waals surface area contributed by atoms with Gasteiger partial charge >= 0.3 is 0 Å². The fourth-order valence-corrected chi connectivity index (χ4v) is 3.82. The molecule has 0 fully saturated rings. The van der Waals surface area contributed by atoms with E-state index in [4.69, 9.17) is 0 Å². The fourth-order valence-electron chi connectivity index (χ4n) is 3.82. The maximum Gasteiger partial charge on any atom is 0.275 e. The predicted octanol–water partition coefficient (Wildman–Crippen LogP) is 4.34. The van der Waals surface area contributed by atoms with Crippen molar-refractivity contribution in [3.63, 3.8) is 0 Å². The molecule has 0 saturated heterocycles. The van der Waals surface area contributed by atoms with Gasteiger partial charge in [-0.1, -0.05) is 30.3 Å². The van der Waals surface area contributed by atoms with Gasteiger partial charge in [0.1, 0.15) is 11.6 Å². The van der Waals surface area contributed by atoms with E-state index in [0.717, 1.165) is 17.5 Å². The van der Waals surface area contributed by atoms with Crippen LogP contribution in [0.4, 0.5) is 4.39 Å². The number of fused-ring (bicyclic) bond motifs is 2. The number of rotatable bonds is 2. The van der Waals surface area contributed by atoms with E-state index in [9.17, 15) is 9.18 Å². The molecule has 2 aromatic heterocycles. The van der Waals surface area contributed by atoms with Crippen LogP contribution in [0.15, 0.2) is 72.9 Å². The molecule has 1 aliphatic heterocycles. The third-order valence-electron chi connectivity index (χ3n) is 5.27. The minimum absolute atomic E-state index is 0.0773. The second-order valence-corrected chi connectivity index (χ2v) is 6.99. The third kappa shape index (κ3) is 2.76. The van der Waals surface area contributed by atoms with Crippen LogP contribution in [0.1, 0.15) is 21.6 Å². The summed E-state index contributed by atoms with van der Waals surface area (Å²) in [5.74, 6) is 0.260. The number of hydrogen-bond acceptors (Lipinski definition) is 2. The van der Waals surface area contributed by atoms with Gasteiger partial charge in [-0.15, -0.1) is 0 Å². The Labute approximate surface area is 161 Å². The Hall–Kier alpha value is -3.47. The number of benzene rings is 2. The smallest absolute Gasteiger partial charge is 0.275 e. The number of nitrogens with zero attached hydrogens (tertiary/aromatic N) is 3. The summed E-state index contributed by atoms with van der Waals surface area (Å²) in [6.07, 6.45) is 2.72. The molecule has 2 aromatic carbocycles. The lowest BCUT2D eigenvalue weighted by Crippen LogP contribution is -2.36. The topological polar surface area (TPSA) is 37.6 Å². The molecule has 0 unspecified atom stereocenters. The van der Waals surface area contributed by atoms with Crippen molar-refractivity contribution in [3.05, 3.63) is 95.6 Å². The van der Waals surface area contributed by atoms with Gasteiger partial charge in [0.2, 0.25) is 0 Å². The van der Waals surface area contributed by atoms with E-state index in [-0.39, 0.29) is 11.7 Å². The number of amides is 1. The summed E-state index contributed by atoms with van der Waals surface area (Å²) in [5.41, 5.74) is 4.44. The van der Waals surface area contributed by atoms with Crippen LogP contribution in [0, 0.1) is 5.82 Å². The van der Waals surface area contributed by atoms with E-state index < -0.39 is 0 Å². The predicted molar refractivity (Wildman–Crippen MR) is 105 cm³/mol. The van der Waals surface area contributed by atoms with E-state index in [2.05, 4.69) is 17.1 Å². The summed E-state index contributed by atoms with van der Waals surface area (Å²) >= 11 is 0. The first kappa shape index (κ1) is 16.7. The first-order chi connectivity index (χ1) is 13.7. The monoisotopic (exact) mass is 371 g/mol. The molecule has 28 heavy (non-hydrogen) atoms. The van der Waals surface area contributed by atoms with Crippen LogP contribution in [0.25, 0.3) is 16.9 Å². The zero-order valence-electron chi connectivity index (χ0n) is 15.2. The standard InChI is InChI=1S/C23H18FN3O/c24-19-10-8-17(9-11-19)22-25-21(20-7-3-4-13-27(20)22)23(28)26-14-12-16-5-1-2-6-18(16)15-26/h1-11,13H,12,14-15H2. The zero-order valence-corrected chi connectivity index (χ0v) is 15.2. The van der Waals surface area contributed by atoms with Crippen LogP contribution < -0.4 is 0 Å². The Morgan fingerprint density at radius 1 is 0.929 bits per heavy atom.